The van der Waals surface area contributed by atoms with Crippen LogP contribution in [0.2, 0.25) is 0 Å². The number of halogens is 1. The summed E-state index contributed by atoms with van der Waals surface area (Å²) in [6.07, 6.45) is 3.45. The van der Waals surface area contributed by atoms with Gasteiger partial charge in [-0.2, -0.15) is 0 Å². The summed E-state index contributed by atoms with van der Waals surface area (Å²) in [6.45, 7) is 3.04. The zero-order valence-electron chi connectivity index (χ0n) is 10.5. The average Bonchev–Trinajstić information content (AvgIpc) is 2.88. The van der Waals surface area contributed by atoms with Crippen LogP contribution in [0.25, 0.3) is 0 Å². The van der Waals surface area contributed by atoms with Crippen molar-refractivity contribution in [3.05, 3.63) is 59.8 Å². The monoisotopic (exact) mass is 247 g/mol. The Morgan fingerprint density at radius 1 is 1.28 bits per heavy atom. The minimum absolute atomic E-state index is 0.0988. The molecule has 0 aliphatic carbocycles. The van der Waals surface area contributed by atoms with Gasteiger partial charge in [-0.25, -0.2) is 4.39 Å². The Balaban J connectivity index is 2.10. The van der Waals surface area contributed by atoms with E-state index in [0.717, 1.165) is 30.7 Å². The van der Waals surface area contributed by atoms with Crippen LogP contribution in [0.4, 0.5) is 4.39 Å². The lowest BCUT2D eigenvalue weighted by Crippen LogP contribution is -2.23. The molecule has 0 radical (unpaired) electrons. The second-order valence-electron chi connectivity index (χ2n) is 4.36. The van der Waals surface area contributed by atoms with Crippen LogP contribution in [-0.2, 0) is 6.42 Å². The summed E-state index contributed by atoms with van der Waals surface area (Å²) < 4.78 is 18.6. The molecule has 0 fully saturated rings. The summed E-state index contributed by atoms with van der Waals surface area (Å²) in [4.78, 5) is 0. The van der Waals surface area contributed by atoms with Gasteiger partial charge in [0.1, 0.15) is 11.6 Å². The molecule has 1 heterocycles. The molecule has 2 aromatic rings. The topological polar surface area (TPSA) is 25.2 Å². The molecule has 2 nitrogen and oxygen atoms in total. The fourth-order valence-corrected chi connectivity index (χ4v) is 1.98. The molecule has 1 unspecified atom stereocenters. The third-order valence-electron chi connectivity index (χ3n) is 2.86. The number of nitrogens with one attached hydrogen (secondary N) is 1. The van der Waals surface area contributed by atoms with E-state index in [1.807, 2.05) is 18.2 Å². The number of hydrogen-bond acceptors (Lipinski definition) is 2. The van der Waals surface area contributed by atoms with Crippen LogP contribution < -0.4 is 5.32 Å². The van der Waals surface area contributed by atoms with E-state index in [1.54, 1.807) is 18.4 Å². The van der Waals surface area contributed by atoms with Gasteiger partial charge in [0.25, 0.3) is 0 Å². The third kappa shape index (κ3) is 3.44. The van der Waals surface area contributed by atoms with E-state index in [4.69, 9.17) is 4.42 Å². The van der Waals surface area contributed by atoms with Crippen LogP contribution in [0.1, 0.15) is 30.7 Å². The summed E-state index contributed by atoms with van der Waals surface area (Å²) >= 11 is 0. The zero-order valence-corrected chi connectivity index (χ0v) is 10.5. The van der Waals surface area contributed by atoms with Gasteiger partial charge in [0.15, 0.2) is 0 Å². The lowest BCUT2D eigenvalue weighted by atomic mass is 10.0. The highest BCUT2D eigenvalue weighted by atomic mass is 19.1. The van der Waals surface area contributed by atoms with Crippen LogP contribution in [-0.4, -0.2) is 6.54 Å². The Hall–Kier alpha value is -1.61. The van der Waals surface area contributed by atoms with E-state index in [-0.39, 0.29) is 11.9 Å². The second kappa shape index (κ2) is 6.36. The van der Waals surface area contributed by atoms with Gasteiger partial charge in [-0.15, -0.1) is 0 Å². The van der Waals surface area contributed by atoms with Crippen LogP contribution in [0.15, 0.2) is 47.1 Å². The van der Waals surface area contributed by atoms with E-state index >= 15 is 0 Å². The van der Waals surface area contributed by atoms with Gasteiger partial charge in [0.05, 0.1) is 12.3 Å². The van der Waals surface area contributed by atoms with E-state index in [1.165, 1.54) is 6.07 Å². The van der Waals surface area contributed by atoms with Crippen LogP contribution in [0, 0.1) is 5.82 Å². The van der Waals surface area contributed by atoms with Crippen molar-refractivity contribution in [2.24, 2.45) is 0 Å². The van der Waals surface area contributed by atoms with E-state index in [2.05, 4.69) is 12.2 Å². The van der Waals surface area contributed by atoms with Gasteiger partial charge in [-0.05, 0) is 49.2 Å². The lowest BCUT2D eigenvalue weighted by Gasteiger charge is -2.16. The number of furan rings is 1. The summed E-state index contributed by atoms with van der Waals surface area (Å²) in [6, 6.07) is 10.6. The van der Waals surface area contributed by atoms with Crippen LogP contribution in [0.5, 0.6) is 0 Å². The van der Waals surface area contributed by atoms with Crippen LogP contribution in [0.3, 0.4) is 0 Å². The molecule has 0 saturated carbocycles. The predicted octanol–water partition coefficient (Wildman–Crippen LogP) is 3.70. The molecule has 0 amide bonds. The van der Waals surface area contributed by atoms with Gasteiger partial charge in [0, 0.05) is 0 Å². The van der Waals surface area contributed by atoms with Gasteiger partial charge >= 0.3 is 0 Å². The minimum atomic E-state index is -0.193. The van der Waals surface area contributed by atoms with E-state index in [9.17, 15) is 4.39 Å². The molecular formula is C15H18FNO. The highest BCUT2D eigenvalue weighted by molar-refractivity contribution is 5.19. The number of rotatable bonds is 6. The Bertz CT molecular complexity index is 467. The minimum Gasteiger partial charge on any atom is -0.468 e. The zero-order chi connectivity index (χ0) is 12.8. The van der Waals surface area contributed by atoms with Gasteiger partial charge < -0.3 is 9.73 Å². The first-order valence-corrected chi connectivity index (χ1v) is 6.31. The molecule has 1 N–H and O–H groups in total. The fourth-order valence-electron chi connectivity index (χ4n) is 1.98. The van der Waals surface area contributed by atoms with Gasteiger partial charge in [-0.1, -0.05) is 19.1 Å². The molecule has 1 aromatic carbocycles. The Morgan fingerprint density at radius 3 is 2.83 bits per heavy atom. The second-order valence-corrected chi connectivity index (χ2v) is 4.36. The van der Waals surface area contributed by atoms with Gasteiger partial charge in [-0.3, -0.25) is 0 Å². The van der Waals surface area contributed by atoms with Gasteiger partial charge in [0.2, 0.25) is 0 Å². The third-order valence-corrected chi connectivity index (χ3v) is 2.86. The number of benzene rings is 1. The molecule has 1 aromatic heterocycles. The van der Waals surface area contributed by atoms with Crippen molar-refractivity contribution >= 4 is 0 Å². The average molecular weight is 247 g/mol. The molecule has 0 saturated heterocycles. The Kier molecular flexibility index (Phi) is 4.53. The SMILES string of the molecule is CCCNC(Cc1cccc(F)c1)c1ccco1. The molecule has 18 heavy (non-hydrogen) atoms. The van der Waals surface area contributed by atoms with Crippen molar-refractivity contribution in [3.8, 4) is 0 Å². The first kappa shape index (κ1) is 12.8. The Labute approximate surface area is 107 Å². The van der Waals surface area contributed by atoms with E-state index in [0.29, 0.717) is 0 Å². The molecule has 1 atom stereocenters. The molecule has 0 bridgehead atoms. The summed E-state index contributed by atoms with van der Waals surface area (Å²) in [5.41, 5.74) is 0.972. The molecule has 96 valence electrons. The first-order valence-electron chi connectivity index (χ1n) is 6.31. The van der Waals surface area contributed by atoms with Crippen molar-refractivity contribution in [1.82, 2.24) is 5.32 Å². The predicted molar refractivity (Wildman–Crippen MR) is 69.8 cm³/mol. The van der Waals surface area contributed by atoms with Crippen molar-refractivity contribution < 1.29 is 8.81 Å². The van der Waals surface area contributed by atoms with E-state index < -0.39 is 0 Å². The largest absolute Gasteiger partial charge is 0.468 e. The molecule has 0 spiro atoms. The maximum atomic E-state index is 13.2. The fraction of sp³-hybridized carbons (Fsp3) is 0.333. The normalized spacial score (nSPS) is 12.6. The summed E-state index contributed by atoms with van der Waals surface area (Å²) in [7, 11) is 0. The molecule has 2 rings (SSSR count). The summed E-state index contributed by atoms with van der Waals surface area (Å²) in [5.74, 6) is 0.703. The summed E-state index contributed by atoms with van der Waals surface area (Å²) in [5, 5.41) is 3.42. The lowest BCUT2D eigenvalue weighted by molar-refractivity contribution is 0.410. The van der Waals surface area contributed by atoms with Crippen molar-refractivity contribution in [1.29, 1.82) is 0 Å². The number of hydrogen-bond donors (Lipinski definition) is 1. The van der Waals surface area contributed by atoms with Crippen LogP contribution >= 0.6 is 0 Å². The van der Waals surface area contributed by atoms with Crippen molar-refractivity contribution in [2.75, 3.05) is 6.54 Å². The maximum Gasteiger partial charge on any atom is 0.123 e. The quantitative estimate of drug-likeness (QED) is 0.842. The smallest absolute Gasteiger partial charge is 0.123 e. The Morgan fingerprint density at radius 2 is 2.17 bits per heavy atom. The van der Waals surface area contributed by atoms with Crippen molar-refractivity contribution in [2.45, 2.75) is 25.8 Å². The highest BCUT2D eigenvalue weighted by Crippen LogP contribution is 2.19. The molecule has 0 aliphatic heterocycles. The maximum absolute atomic E-state index is 13.2. The first-order chi connectivity index (χ1) is 8.79. The molecule has 0 aliphatic rings. The highest BCUT2D eigenvalue weighted by Gasteiger charge is 2.14. The standard InChI is InChI=1S/C15H18FNO/c1-2-8-17-14(15-7-4-9-18-15)11-12-5-3-6-13(16)10-12/h3-7,9-10,14,17H,2,8,11H2,1H3. The van der Waals surface area contributed by atoms with Crippen molar-refractivity contribution in [3.63, 3.8) is 0 Å². The molecular weight excluding hydrogens is 229 g/mol. The molecule has 3 heteroatoms.